The van der Waals surface area contributed by atoms with Gasteiger partial charge in [0.15, 0.2) is 0 Å². The summed E-state index contributed by atoms with van der Waals surface area (Å²) >= 11 is 0. The van der Waals surface area contributed by atoms with Crippen molar-refractivity contribution in [2.45, 2.75) is 50.7 Å². The highest BCUT2D eigenvalue weighted by molar-refractivity contribution is 5.83. The number of aliphatic hydroxyl groups excluding tert-OH is 1. The van der Waals surface area contributed by atoms with E-state index in [0.29, 0.717) is 11.5 Å². The number of rotatable bonds is 10. The van der Waals surface area contributed by atoms with Crippen molar-refractivity contribution < 1.29 is 24.2 Å². The first-order valence-corrected chi connectivity index (χ1v) is 9.08. The van der Waals surface area contributed by atoms with Gasteiger partial charge in [0.1, 0.15) is 24.2 Å². The second-order valence-electron chi connectivity index (χ2n) is 6.50. The van der Waals surface area contributed by atoms with E-state index in [4.69, 9.17) is 9.47 Å². The summed E-state index contributed by atoms with van der Waals surface area (Å²) in [6, 6.07) is 7.33. The van der Waals surface area contributed by atoms with Gasteiger partial charge in [-0.05, 0) is 25.0 Å². The smallest absolute Gasteiger partial charge is 0.220 e. The minimum atomic E-state index is -0.836. The maximum absolute atomic E-state index is 11.8. The van der Waals surface area contributed by atoms with Crippen LogP contribution in [0.4, 0.5) is 0 Å². The number of methoxy groups -OCH3 is 1. The van der Waals surface area contributed by atoms with Crippen molar-refractivity contribution in [2.24, 2.45) is 0 Å². The SMILES string of the molecule is COc1cccc(OC[C@@H](O)CNC(=O)CCC(=O)NC2CCCC2)c1. The van der Waals surface area contributed by atoms with Crippen LogP contribution in [0.2, 0.25) is 0 Å². The molecule has 0 bridgehead atoms. The Bertz CT molecular complexity index is 587. The largest absolute Gasteiger partial charge is 0.497 e. The van der Waals surface area contributed by atoms with Crippen molar-refractivity contribution in [3.8, 4) is 11.5 Å². The van der Waals surface area contributed by atoms with Gasteiger partial charge < -0.3 is 25.2 Å². The van der Waals surface area contributed by atoms with Crippen molar-refractivity contribution in [1.82, 2.24) is 10.6 Å². The maximum atomic E-state index is 11.8. The number of carbonyl (C=O) groups excluding carboxylic acids is 2. The molecule has 1 aliphatic carbocycles. The summed E-state index contributed by atoms with van der Waals surface area (Å²) in [5.41, 5.74) is 0. The molecule has 0 heterocycles. The molecule has 1 aromatic rings. The maximum Gasteiger partial charge on any atom is 0.220 e. The van der Waals surface area contributed by atoms with E-state index in [0.717, 1.165) is 25.7 Å². The first-order chi connectivity index (χ1) is 12.6. The molecule has 1 aromatic carbocycles. The fourth-order valence-corrected chi connectivity index (χ4v) is 2.86. The zero-order chi connectivity index (χ0) is 18.8. The average molecular weight is 364 g/mol. The average Bonchev–Trinajstić information content (AvgIpc) is 3.16. The fraction of sp³-hybridized carbons (Fsp3) is 0.579. The lowest BCUT2D eigenvalue weighted by Gasteiger charge is -2.14. The number of ether oxygens (including phenoxy) is 2. The van der Waals surface area contributed by atoms with Gasteiger partial charge in [-0.1, -0.05) is 18.9 Å². The second kappa shape index (κ2) is 10.7. The highest BCUT2D eigenvalue weighted by Gasteiger charge is 2.17. The molecule has 1 aliphatic rings. The highest BCUT2D eigenvalue weighted by atomic mass is 16.5. The van der Waals surface area contributed by atoms with Crippen molar-refractivity contribution >= 4 is 11.8 Å². The highest BCUT2D eigenvalue weighted by Crippen LogP contribution is 2.19. The van der Waals surface area contributed by atoms with Gasteiger partial charge in [0, 0.05) is 31.5 Å². The second-order valence-corrected chi connectivity index (χ2v) is 6.50. The minimum Gasteiger partial charge on any atom is -0.497 e. The van der Waals surface area contributed by atoms with Crippen LogP contribution in [0, 0.1) is 0 Å². The molecule has 0 unspecified atom stereocenters. The van der Waals surface area contributed by atoms with E-state index in [-0.39, 0.29) is 43.8 Å². The summed E-state index contributed by atoms with van der Waals surface area (Å²) in [6.45, 7) is 0.128. The lowest BCUT2D eigenvalue weighted by atomic mass is 10.2. The van der Waals surface area contributed by atoms with E-state index in [9.17, 15) is 14.7 Å². The molecule has 2 amide bonds. The van der Waals surface area contributed by atoms with Crippen molar-refractivity contribution in [3.05, 3.63) is 24.3 Å². The van der Waals surface area contributed by atoms with Crippen LogP contribution in [0.25, 0.3) is 0 Å². The van der Waals surface area contributed by atoms with Crippen molar-refractivity contribution in [2.75, 3.05) is 20.3 Å². The van der Waals surface area contributed by atoms with Crippen LogP contribution in [0.1, 0.15) is 38.5 Å². The summed E-state index contributed by atoms with van der Waals surface area (Å²) < 4.78 is 10.6. The Labute approximate surface area is 154 Å². The van der Waals surface area contributed by atoms with E-state index >= 15 is 0 Å². The third kappa shape index (κ3) is 7.31. The molecule has 7 nitrogen and oxygen atoms in total. The molecular weight excluding hydrogens is 336 g/mol. The van der Waals surface area contributed by atoms with Crippen LogP contribution in [0.15, 0.2) is 24.3 Å². The van der Waals surface area contributed by atoms with E-state index in [1.807, 2.05) is 0 Å². The molecule has 2 rings (SSSR count). The van der Waals surface area contributed by atoms with Gasteiger partial charge in [0.25, 0.3) is 0 Å². The monoisotopic (exact) mass is 364 g/mol. The van der Waals surface area contributed by atoms with Gasteiger partial charge in [0.05, 0.1) is 7.11 Å². The van der Waals surface area contributed by atoms with Gasteiger partial charge in [-0.25, -0.2) is 0 Å². The van der Waals surface area contributed by atoms with Crippen LogP contribution < -0.4 is 20.1 Å². The molecular formula is C19H28N2O5. The Hall–Kier alpha value is -2.28. The molecule has 26 heavy (non-hydrogen) atoms. The molecule has 1 atom stereocenters. The van der Waals surface area contributed by atoms with Crippen LogP contribution in [0.3, 0.4) is 0 Å². The van der Waals surface area contributed by atoms with Crippen molar-refractivity contribution in [3.63, 3.8) is 0 Å². The lowest BCUT2D eigenvalue weighted by molar-refractivity contribution is -0.127. The molecule has 0 radical (unpaired) electrons. The van der Waals surface area contributed by atoms with E-state index in [1.165, 1.54) is 0 Å². The molecule has 0 spiro atoms. The molecule has 0 saturated heterocycles. The van der Waals surface area contributed by atoms with Crippen LogP contribution >= 0.6 is 0 Å². The quantitative estimate of drug-likeness (QED) is 0.583. The van der Waals surface area contributed by atoms with E-state index in [2.05, 4.69) is 10.6 Å². The molecule has 1 fully saturated rings. The summed E-state index contributed by atoms with van der Waals surface area (Å²) in [4.78, 5) is 23.6. The number of aliphatic hydroxyl groups is 1. The third-order valence-corrected chi connectivity index (χ3v) is 4.32. The standard InChI is InChI=1S/C19H28N2O5/c1-25-16-7-4-8-17(11-16)26-13-15(22)12-20-18(23)9-10-19(24)21-14-5-2-3-6-14/h4,7-8,11,14-15,22H,2-3,5-6,9-10,12-13H2,1H3,(H,20,23)(H,21,24)/t15-/m0/s1. The van der Waals surface area contributed by atoms with Crippen LogP contribution in [-0.2, 0) is 9.59 Å². The number of nitrogens with one attached hydrogen (secondary N) is 2. The van der Waals surface area contributed by atoms with Crippen LogP contribution in [0.5, 0.6) is 11.5 Å². The topological polar surface area (TPSA) is 96.9 Å². The van der Waals surface area contributed by atoms with Crippen molar-refractivity contribution in [1.29, 1.82) is 0 Å². The molecule has 3 N–H and O–H groups in total. The fourth-order valence-electron chi connectivity index (χ4n) is 2.86. The number of hydrogen-bond donors (Lipinski definition) is 3. The predicted octanol–water partition coefficient (Wildman–Crippen LogP) is 1.39. The Morgan fingerprint density at radius 3 is 2.62 bits per heavy atom. The van der Waals surface area contributed by atoms with E-state index < -0.39 is 6.10 Å². The van der Waals surface area contributed by atoms with E-state index in [1.54, 1.807) is 31.4 Å². The first-order valence-electron chi connectivity index (χ1n) is 9.08. The predicted molar refractivity (Wildman–Crippen MR) is 97.1 cm³/mol. The molecule has 0 aliphatic heterocycles. The molecule has 144 valence electrons. The number of benzene rings is 1. The summed E-state index contributed by atoms with van der Waals surface area (Å²) in [5.74, 6) is 0.903. The summed E-state index contributed by atoms with van der Waals surface area (Å²) in [7, 11) is 1.57. The van der Waals surface area contributed by atoms with Gasteiger partial charge >= 0.3 is 0 Å². The number of amides is 2. The normalized spacial score (nSPS) is 15.3. The van der Waals surface area contributed by atoms with Crippen LogP contribution in [-0.4, -0.2) is 49.3 Å². The zero-order valence-corrected chi connectivity index (χ0v) is 15.2. The van der Waals surface area contributed by atoms with Gasteiger partial charge in [-0.2, -0.15) is 0 Å². The summed E-state index contributed by atoms with van der Waals surface area (Å²) in [5, 5.41) is 15.5. The third-order valence-electron chi connectivity index (χ3n) is 4.32. The number of carbonyl (C=O) groups is 2. The Morgan fingerprint density at radius 2 is 1.88 bits per heavy atom. The van der Waals surface area contributed by atoms with Gasteiger partial charge in [-0.3, -0.25) is 9.59 Å². The van der Waals surface area contributed by atoms with Gasteiger partial charge in [0.2, 0.25) is 11.8 Å². The lowest BCUT2D eigenvalue weighted by Crippen LogP contribution is -2.37. The first kappa shape index (κ1) is 20.0. The van der Waals surface area contributed by atoms with Gasteiger partial charge in [-0.15, -0.1) is 0 Å². The Kier molecular flexibility index (Phi) is 8.21. The minimum absolute atomic E-state index is 0.0512. The Morgan fingerprint density at radius 1 is 1.19 bits per heavy atom. The number of hydrogen-bond acceptors (Lipinski definition) is 5. The Balaban J connectivity index is 1.58. The molecule has 1 saturated carbocycles. The molecule has 0 aromatic heterocycles. The molecule has 7 heteroatoms. The summed E-state index contributed by atoms with van der Waals surface area (Å²) in [6.07, 6.45) is 3.80. The zero-order valence-electron chi connectivity index (χ0n) is 15.2.